The van der Waals surface area contributed by atoms with Crippen LogP contribution in [-0.2, 0) is 16.0 Å². The third-order valence-corrected chi connectivity index (χ3v) is 4.37. The van der Waals surface area contributed by atoms with Gasteiger partial charge in [0.15, 0.2) is 0 Å². The van der Waals surface area contributed by atoms with E-state index in [1.165, 1.54) is 12.1 Å². The van der Waals surface area contributed by atoms with E-state index in [9.17, 15) is 14.0 Å². The second-order valence-electron chi connectivity index (χ2n) is 6.60. The minimum Gasteiger partial charge on any atom is -0.369 e. The zero-order valence-electron chi connectivity index (χ0n) is 14.0. The average Bonchev–Trinajstić information content (AvgIpc) is 3.03. The third-order valence-electron chi connectivity index (χ3n) is 4.37. The van der Waals surface area contributed by atoms with Crippen molar-refractivity contribution in [3.05, 3.63) is 35.6 Å². The van der Waals surface area contributed by atoms with Crippen molar-refractivity contribution in [2.75, 3.05) is 6.54 Å². The van der Waals surface area contributed by atoms with Gasteiger partial charge in [-0.25, -0.2) is 9.82 Å². The van der Waals surface area contributed by atoms with E-state index in [-0.39, 0.29) is 30.4 Å². The second kappa shape index (κ2) is 8.21. The number of hydrogen-bond donors (Lipinski definition) is 4. The van der Waals surface area contributed by atoms with E-state index in [4.69, 9.17) is 5.73 Å². The lowest BCUT2D eigenvalue weighted by molar-refractivity contribution is -0.124. The molecule has 1 fully saturated rings. The SMILES string of the molecule is CC(C)C1CC(C(=O)NCC(Cc2ccc(F)cc2)C(N)=O)NN1. The fourth-order valence-corrected chi connectivity index (χ4v) is 2.72. The fourth-order valence-electron chi connectivity index (χ4n) is 2.72. The fraction of sp³-hybridized carbons (Fsp3) is 0.529. The zero-order chi connectivity index (χ0) is 17.7. The summed E-state index contributed by atoms with van der Waals surface area (Å²) in [6, 6.07) is 5.83. The molecule has 2 amide bonds. The number of primary amides is 1. The van der Waals surface area contributed by atoms with Crippen LogP contribution in [-0.4, -0.2) is 30.4 Å². The predicted molar refractivity (Wildman–Crippen MR) is 89.1 cm³/mol. The molecular weight excluding hydrogens is 311 g/mol. The van der Waals surface area contributed by atoms with E-state index in [1.807, 2.05) is 0 Å². The van der Waals surface area contributed by atoms with Gasteiger partial charge in [0.25, 0.3) is 0 Å². The van der Waals surface area contributed by atoms with E-state index >= 15 is 0 Å². The Kier molecular flexibility index (Phi) is 6.28. The normalized spacial score (nSPS) is 21.7. The minimum atomic E-state index is -0.533. The monoisotopic (exact) mass is 336 g/mol. The van der Waals surface area contributed by atoms with Crippen LogP contribution in [0.1, 0.15) is 25.8 Å². The Morgan fingerprint density at radius 3 is 2.50 bits per heavy atom. The maximum absolute atomic E-state index is 12.9. The lowest BCUT2D eigenvalue weighted by Gasteiger charge is -2.16. The number of carbonyl (C=O) groups excluding carboxylic acids is 2. The maximum atomic E-state index is 12.9. The van der Waals surface area contributed by atoms with Gasteiger partial charge in [-0.05, 0) is 36.5 Å². The highest BCUT2D eigenvalue weighted by molar-refractivity contribution is 5.83. The van der Waals surface area contributed by atoms with Crippen LogP contribution < -0.4 is 21.9 Å². The number of amides is 2. The van der Waals surface area contributed by atoms with Crippen LogP contribution in [0.15, 0.2) is 24.3 Å². The summed E-state index contributed by atoms with van der Waals surface area (Å²) in [6.45, 7) is 4.34. The lowest BCUT2D eigenvalue weighted by atomic mass is 9.97. The molecule has 1 heterocycles. The summed E-state index contributed by atoms with van der Waals surface area (Å²) in [5.41, 5.74) is 12.3. The first-order valence-corrected chi connectivity index (χ1v) is 8.19. The Balaban J connectivity index is 1.86. The first-order valence-electron chi connectivity index (χ1n) is 8.19. The molecule has 0 saturated carbocycles. The van der Waals surface area contributed by atoms with Crippen molar-refractivity contribution < 1.29 is 14.0 Å². The van der Waals surface area contributed by atoms with Crippen molar-refractivity contribution in [1.29, 1.82) is 0 Å². The van der Waals surface area contributed by atoms with Gasteiger partial charge in [0.1, 0.15) is 11.9 Å². The van der Waals surface area contributed by atoms with Gasteiger partial charge in [0, 0.05) is 12.6 Å². The summed E-state index contributed by atoms with van der Waals surface area (Å²) in [4.78, 5) is 23.8. The summed E-state index contributed by atoms with van der Waals surface area (Å²) in [5.74, 6) is -1.09. The first kappa shape index (κ1) is 18.4. The van der Waals surface area contributed by atoms with Crippen LogP contribution in [0.4, 0.5) is 4.39 Å². The van der Waals surface area contributed by atoms with Crippen LogP contribution in [0.3, 0.4) is 0 Å². The first-order chi connectivity index (χ1) is 11.4. The largest absolute Gasteiger partial charge is 0.369 e. The maximum Gasteiger partial charge on any atom is 0.238 e. The molecule has 0 bridgehead atoms. The standard InChI is InChI=1S/C17H25FN4O2/c1-10(2)14-8-15(22-21-14)17(24)20-9-12(16(19)23)7-11-3-5-13(18)6-4-11/h3-6,10,12,14-15,21-22H,7-9H2,1-2H3,(H2,19,23)(H,20,24). The zero-order valence-corrected chi connectivity index (χ0v) is 14.0. The van der Waals surface area contributed by atoms with Crippen molar-refractivity contribution in [1.82, 2.24) is 16.2 Å². The van der Waals surface area contributed by atoms with Crippen molar-refractivity contribution in [3.8, 4) is 0 Å². The summed E-state index contributed by atoms with van der Waals surface area (Å²) in [6.07, 6.45) is 1.06. The summed E-state index contributed by atoms with van der Waals surface area (Å²) in [5, 5.41) is 2.78. The molecule has 1 saturated heterocycles. The molecule has 24 heavy (non-hydrogen) atoms. The molecular formula is C17H25FN4O2. The molecule has 7 heteroatoms. The molecule has 0 radical (unpaired) electrons. The Bertz CT molecular complexity index is 576. The molecule has 6 nitrogen and oxygen atoms in total. The van der Waals surface area contributed by atoms with Crippen molar-refractivity contribution in [3.63, 3.8) is 0 Å². The second-order valence-corrected chi connectivity index (χ2v) is 6.60. The minimum absolute atomic E-state index is 0.156. The number of hydrazine groups is 1. The molecule has 2 rings (SSSR count). The molecule has 0 spiro atoms. The van der Waals surface area contributed by atoms with Crippen LogP contribution >= 0.6 is 0 Å². The number of benzene rings is 1. The third kappa shape index (κ3) is 5.01. The Morgan fingerprint density at radius 1 is 1.29 bits per heavy atom. The van der Waals surface area contributed by atoms with Gasteiger partial charge in [-0.3, -0.25) is 15.0 Å². The molecule has 1 aliphatic heterocycles. The Labute approximate surface area is 141 Å². The highest BCUT2D eigenvalue weighted by Crippen LogP contribution is 2.14. The van der Waals surface area contributed by atoms with E-state index < -0.39 is 11.8 Å². The van der Waals surface area contributed by atoms with Crippen LogP contribution in [0.25, 0.3) is 0 Å². The highest BCUT2D eigenvalue weighted by atomic mass is 19.1. The van der Waals surface area contributed by atoms with Gasteiger partial charge in [-0.2, -0.15) is 0 Å². The van der Waals surface area contributed by atoms with Gasteiger partial charge in [0.2, 0.25) is 11.8 Å². The number of rotatable bonds is 7. The van der Waals surface area contributed by atoms with Gasteiger partial charge < -0.3 is 11.1 Å². The smallest absolute Gasteiger partial charge is 0.238 e. The molecule has 0 aromatic heterocycles. The van der Waals surface area contributed by atoms with E-state index in [0.717, 1.165) is 5.56 Å². The lowest BCUT2D eigenvalue weighted by Crippen LogP contribution is -2.46. The van der Waals surface area contributed by atoms with E-state index in [0.29, 0.717) is 18.8 Å². The van der Waals surface area contributed by atoms with Gasteiger partial charge in [0.05, 0.1) is 5.92 Å². The Morgan fingerprint density at radius 2 is 1.96 bits per heavy atom. The molecule has 1 aliphatic rings. The topological polar surface area (TPSA) is 96.2 Å². The molecule has 1 aromatic carbocycles. The average molecular weight is 336 g/mol. The number of halogens is 1. The number of nitrogens with one attached hydrogen (secondary N) is 3. The van der Waals surface area contributed by atoms with Crippen LogP contribution in [0.2, 0.25) is 0 Å². The highest BCUT2D eigenvalue weighted by Gasteiger charge is 2.31. The molecule has 1 aromatic rings. The van der Waals surface area contributed by atoms with Crippen molar-refractivity contribution in [2.24, 2.45) is 17.6 Å². The summed E-state index contributed by atoms with van der Waals surface area (Å²) >= 11 is 0. The predicted octanol–water partition coefficient (Wildman–Crippen LogP) is 0.477. The number of nitrogens with two attached hydrogens (primary N) is 1. The molecule has 5 N–H and O–H groups in total. The molecule has 3 unspecified atom stereocenters. The van der Waals surface area contributed by atoms with Crippen LogP contribution in [0.5, 0.6) is 0 Å². The summed E-state index contributed by atoms with van der Waals surface area (Å²) < 4.78 is 12.9. The van der Waals surface area contributed by atoms with Gasteiger partial charge in [-0.15, -0.1) is 0 Å². The quantitative estimate of drug-likeness (QED) is 0.582. The van der Waals surface area contributed by atoms with Gasteiger partial charge >= 0.3 is 0 Å². The molecule has 0 aliphatic carbocycles. The van der Waals surface area contributed by atoms with Gasteiger partial charge in [-0.1, -0.05) is 26.0 Å². The van der Waals surface area contributed by atoms with Crippen molar-refractivity contribution >= 4 is 11.8 Å². The van der Waals surface area contributed by atoms with E-state index in [2.05, 4.69) is 30.0 Å². The number of carbonyl (C=O) groups is 2. The van der Waals surface area contributed by atoms with Crippen LogP contribution in [0, 0.1) is 17.7 Å². The van der Waals surface area contributed by atoms with Crippen molar-refractivity contribution in [2.45, 2.75) is 38.8 Å². The van der Waals surface area contributed by atoms with E-state index in [1.54, 1.807) is 12.1 Å². The Hall–Kier alpha value is -1.99. The summed E-state index contributed by atoms with van der Waals surface area (Å²) in [7, 11) is 0. The number of hydrogen-bond acceptors (Lipinski definition) is 4. The molecule has 132 valence electrons. The molecule has 3 atom stereocenters.